The van der Waals surface area contributed by atoms with Crippen LogP contribution in [-0.2, 0) is 4.74 Å². The summed E-state index contributed by atoms with van der Waals surface area (Å²) in [5.74, 6) is 0. The lowest BCUT2D eigenvalue weighted by Crippen LogP contribution is -2.33. The largest absolute Gasteiger partial charge is 0.381 e. The lowest BCUT2D eigenvalue weighted by molar-refractivity contribution is 0.0193. The van der Waals surface area contributed by atoms with Crippen molar-refractivity contribution >= 4 is 0 Å². The van der Waals surface area contributed by atoms with E-state index in [-0.39, 0.29) is 0 Å². The maximum Gasteiger partial charge on any atom is 0.0471 e. The topological polar surface area (TPSA) is 12.5 Å². The fraction of sp³-hybridized carbons (Fsp3) is 1.00. The van der Waals surface area contributed by atoms with Crippen molar-refractivity contribution in [3.8, 4) is 0 Å². The Bertz CT molecular complexity index is 176. The second-order valence-corrected chi connectivity index (χ2v) is 4.99. The Hall–Kier alpha value is -0.0800. The molecule has 2 saturated heterocycles. The molecule has 96 valence electrons. The lowest BCUT2D eigenvalue weighted by atomic mass is 9.80. The first-order chi connectivity index (χ1) is 7.85. The highest BCUT2D eigenvalue weighted by molar-refractivity contribution is 4.91. The zero-order valence-electron chi connectivity index (χ0n) is 11.4. The summed E-state index contributed by atoms with van der Waals surface area (Å²) in [5, 5.41) is 0. The average molecular weight is 227 g/mol. The summed E-state index contributed by atoms with van der Waals surface area (Å²) in [4.78, 5) is 2.66. The van der Waals surface area contributed by atoms with Crippen LogP contribution >= 0.6 is 0 Å². The van der Waals surface area contributed by atoms with Gasteiger partial charge in [0.2, 0.25) is 0 Å². The van der Waals surface area contributed by atoms with Gasteiger partial charge < -0.3 is 9.64 Å². The van der Waals surface area contributed by atoms with Crippen LogP contribution in [0.5, 0.6) is 0 Å². The van der Waals surface area contributed by atoms with Gasteiger partial charge in [-0.05, 0) is 44.2 Å². The normalized spacial score (nSPS) is 24.2. The third-order valence-electron chi connectivity index (χ3n) is 3.90. The molecule has 0 N–H and O–H groups in total. The summed E-state index contributed by atoms with van der Waals surface area (Å²) in [6.45, 7) is 12.3. The van der Waals surface area contributed by atoms with E-state index in [0.29, 0.717) is 5.41 Å². The van der Waals surface area contributed by atoms with Crippen molar-refractivity contribution < 1.29 is 4.74 Å². The van der Waals surface area contributed by atoms with Crippen LogP contribution in [0.15, 0.2) is 0 Å². The Kier molecular flexibility index (Phi) is 6.37. The summed E-state index contributed by atoms with van der Waals surface area (Å²) < 4.78 is 5.45. The third-order valence-corrected chi connectivity index (χ3v) is 3.90. The molecule has 0 aromatic carbocycles. The smallest absolute Gasteiger partial charge is 0.0471 e. The molecule has 2 aliphatic heterocycles. The number of hydrogen-bond acceptors (Lipinski definition) is 2. The highest BCUT2D eigenvalue weighted by Crippen LogP contribution is 2.39. The molecule has 0 aliphatic carbocycles. The molecule has 16 heavy (non-hydrogen) atoms. The van der Waals surface area contributed by atoms with Crippen LogP contribution in [0.3, 0.4) is 0 Å². The van der Waals surface area contributed by atoms with Crippen molar-refractivity contribution in [2.24, 2.45) is 5.41 Å². The Morgan fingerprint density at radius 3 is 2.44 bits per heavy atom. The number of unbranched alkanes of at least 4 members (excludes halogenated alkanes) is 1. The maximum absolute atomic E-state index is 5.45. The van der Waals surface area contributed by atoms with E-state index < -0.39 is 0 Å². The summed E-state index contributed by atoms with van der Waals surface area (Å²) in [6.07, 6.45) is 6.71. The van der Waals surface area contributed by atoms with E-state index in [2.05, 4.69) is 11.8 Å². The van der Waals surface area contributed by atoms with Crippen LogP contribution in [0.2, 0.25) is 0 Å². The number of hydrogen-bond donors (Lipinski definition) is 0. The van der Waals surface area contributed by atoms with Gasteiger partial charge in [-0.25, -0.2) is 0 Å². The Balaban J connectivity index is 0.000000606. The molecule has 0 aromatic rings. The van der Waals surface area contributed by atoms with Crippen LogP contribution in [0.4, 0.5) is 0 Å². The first kappa shape index (κ1) is 14.0. The molecule has 0 aromatic heterocycles. The molecule has 2 heteroatoms. The molecular weight excluding hydrogens is 198 g/mol. The maximum atomic E-state index is 5.45. The monoisotopic (exact) mass is 227 g/mol. The summed E-state index contributed by atoms with van der Waals surface area (Å²) in [7, 11) is 0. The first-order valence-electron chi connectivity index (χ1n) is 7.15. The van der Waals surface area contributed by atoms with E-state index in [9.17, 15) is 0 Å². The molecule has 2 rings (SSSR count). The lowest BCUT2D eigenvalue weighted by Gasteiger charge is -2.33. The van der Waals surface area contributed by atoms with Crippen LogP contribution < -0.4 is 0 Å². The minimum Gasteiger partial charge on any atom is -0.381 e. The van der Waals surface area contributed by atoms with Crippen molar-refractivity contribution in [2.75, 3.05) is 32.8 Å². The third kappa shape index (κ3) is 3.74. The Morgan fingerprint density at radius 1 is 1.12 bits per heavy atom. The Morgan fingerprint density at radius 2 is 1.81 bits per heavy atom. The molecule has 0 atom stereocenters. The molecule has 2 nitrogen and oxygen atoms in total. The second-order valence-electron chi connectivity index (χ2n) is 4.99. The molecular formula is C14H29NO. The first-order valence-corrected chi connectivity index (χ1v) is 7.15. The van der Waals surface area contributed by atoms with Gasteiger partial charge in [0.1, 0.15) is 0 Å². The number of ether oxygens (including phenoxy) is 1. The minimum atomic E-state index is 0.645. The quantitative estimate of drug-likeness (QED) is 0.733. The molecule has 0 radical (unpaired) electrons. The van der Waals surface area contributed by atoms with Crippen LogP contribution in [0, 0.1) is 5.41 Å². The van der Waals surface area contributed by atoms with Crippen molar-refractivity contribution in [3.63, 3.8) is 0 Å². The van der Waals surface area contributed by atoms with Crippen LogP contribution in [-0.4, -0.2) is 37.7 Å². The van der Waals surface area contributed by atoms with E-state index in [0.717, 1.165) is 13.2 Å². The standard InChI is InChI=1S/C12H23NO.C2H6/c1-2-3-7-13-8-4-12(11-13)5-9-14-10-6-12;1-2/h2-11H2,1H3;1-2H3. The van der Waals surface area contributed by atoms with Gasteiger partial charge in [-0.2, -0.15) is 0 Å². The van der Waals surface area contributed by atoms with E-state index >= 15 is 0 Å². The number of likely N-dealkylation sites (tertiary alicyclic amines) is 1. The van der Waals surface area contributed by atoms with Gasteiger partial charge >= 0.3 is 0 Å². The average Bonchev–Trinajstić information content (AvgIpc) is 2.73. The van der Waals surface area contributed by atoms with E-state index in [1.54, 1.807) is 0 Å². The van der Waals surface area contributed by atoms with Gasteiger partial charge in [-0.3, -0.25) is 0 Å². The van der Waals surface area contributed by atoms with Gasteiger partial charge in [0.25, 0.3) is 0 Å². The minimum absolute atomic E-state index is 0.645. The predicted octanol–water partition coefficient (Wildman–Crippen LogP) is 3.32. The molecule has 0 bridgehead atoms. The van der Waals surface area contributed by atoms with Crippen LogP contribution in [0.25, 0.3) is 0 Å². The van der Waals surface area contributed by atoms with Crippen molar-refractivity contribution in [3.05, 3.63) is 0 Å². The van der Waals surface area contributed by atoms with Crippen molar-refractivity contribution in [1.82, 2.24) is 4.90 Å². The van der Waals surface area contributed by atoms with E-state index in [1.165, 1.54) is 51.7 Å². The molecule has 0 unspecified atom stereocenters. The summed E-state index contributed by atoms with van der Waals surface area (Å²) in [6, 6.07) is 0. The molecule has 0 saturated carbocycles. The molecule has 2 fully saturated rings. The van der Waals surface area contributed by atoms with Crippen molar-refractivity contribution in [2.45, 2.75) is 52.9 Å². The van der Waals surface area contributed by atoms with E-state index in [1.807, 2.05) is 13.8 Å². The SMILES string of the molecule is CC.CCCCN1CCC2(CCOCC2)C1. The van der Waals surface area contributed by atoms with Crippen molar-refractivity contribution in [1.29, 1.82) is 0 Å². The Labute approximate surface area is 101 Å². The number of rotatable bonds is 3. The van der Waals surface area contributed by atoms with Crippen LogP contribution in [0.1, 0.15) is 52.9 Å². The highest BCUT2D eigenvalue weighted by Gasteiger charge is 2.38. The predicted molar refractivity (Wildman–Crippen MR) is 69.8 cm³/mol. The second kappa shape index (κ2) is 7.29. The molecule has 0 amide bonds. The van der Waals surface area contributed by atoms with E-state index in [4.69, 9.17) is 4.74 Å². The van der Waals surface area contributed by atoms with Gasteiger partial charge in [0, 0.05) is 19.8 Å². The van der Waals surface area contributed by atoms with Gasteiger partial charge in [0.15, 0.2) is 0 Å². The zero-order valence-corrected chi connectivity index (χ0v) is 11.4. The molecule has 2 aliphatic rings. The summed E-state index contributed by atoms with van der Waals surface area (Å²) in [5.41, 5.74) is 0.645. The molecule has 1 spiro atoms. The van der Waals surface area contributed by atoms with Gasteiger partial charge in [0.05, 0.1) is 0 Å². The number of nitrogens with zero attached hydrogens (tertiary/aromatic N) is 1. The fourth-order valence-corrected chi connectivity index (χ4v) is 2.81. The zero-order chi connectivity index (χ0) is 11.9. The molecule has 2 heterocycles. The highest BCUT2D eigenvalue weighted by atomic mass is 16.5. The van der Waals surface area contributed by atoms with Gasteiger partial charge in [-0.1, -0.05) is 27.2 Å². The van der Waals surface area contributed by atoms with Gasteiger partial charge in [-0.15, -0.1) is 0 Å². The summed E-state index contributed by atoms with van der Waals surface area (Å²) >= 11 is 0. The fourth-order valence-electron chi connectivity index (χ4n) is 2.81.